The van der Waals surface area contributed by atoms with Crippen molar-refractivity contribution in [1.82, 2.24) is 4.90 Å². The lowest BCUT2D eigenvalue weighted by Crippen LogP contribution is -2.49. The minimum absolute atomic E-state index is 0.0631. The average molecular weight is 265 g/mol. The van der Waals surface area contributed by atoms with Crippen LogP contribution < -0.4 is 0 Å². The normalized spacial score (nSPS) is 29.3. The van der Waals surface area contributed by atoms with E-state index in [0.29, 0.717) is 19.6 Å². The molecule has 102 valence electrons. The maximum Gasteiger partial charge on any atom is 0.410 e. The Morgan fingerprint density at radius 3 is 2.84 bits per heavy atom. The molecule has 1 aromatic carbocycles. The number of alkyl halides is 1. The molecule has 4 nitrogen and oxygen atoms in total. The van der Waals surface area contributed by atoms with Crippen LogP contribution >= 0.6 is 0 Å². The number of carbonyl (C=O) groups excluding carboxylic acids is 1. The number of epoxide rings is 1. The van der Waals surface area contributed by atoms with E-state index in [9.17, 15) is 9.18 Å². The molecule has 2 unspecified atom stereocenters. The van der Waals surface area contributed by atoms with E-state index in [1.807, 2.05) is 30.3 Å². The van der Waals surface area contributed by atoms with E-state index in [0.717, 1.165) is 5.56 Å². The lowest BCUT2D eigenvalue weighted by molar-refractivity contribution is 0.0377. The first-order chi connectivity index (χ1) is 9.20. The topological polar surface area (TPSA) is 42.1 Å². The van der Waals surface area contributed by atoms with Gasteiger partial charge in [-0.3, -0.25) is 0 Å². The van der Waals surface area contributed by atoms with Crippen LogP contribution in [0.1, 0.15) is 12.0 Å². The molecule has 0 radical (unpaired) electrons. The van der Waals surface area contributed by atoms with Gasteiger partial charge >= 0.3 is 6.09 Å². The van der Waals surface area contributed by atoms with Gasteiger partial charge in [-0.2, -0.15) is 0 Å². The van der Waals surface area contributed by atoms with Gasteiger partial charge in [0.25, 0.3) is 0 Å². The van der Waals surface area contributed by atoms with Gasteiger partial charge in [-0.25, -0.2) is 9.18 Å². The van der Waals surface area contributed by atoms with Gasteiger partial charge < -0.3 is 14.4 Å². The third-order valence-corrected chi connectivity index (χ3v) is 3.73. The maximum absolute atomic E-state index is 13.8. The fourth-order valence-corrected chi connectivity index (χ4v) is 2.33. The van der Waals surface area contributed by atoms with Crippen LogP contribution in [0.2, 0.25) is 0 Å². The average Bonchev–Trinajstić information content (AvgIpc) is 3.21. The number of halogens is 1. The molecule has 1 spiro atoms. The van der Waals surface area contributed by atoms with E-state index in [4.69, 9.17) is 9.47 Å². The largest absolute Gasteiger partial charge is 0.445 e. The summed E-state index contributed by atoms with van der Waals surface area (Å²) in [4.78, 5) is 13.3. The van der Waals surface area contributed by atoms with Gasteiger partial charge in [0.2, 0.25) is 0 Å². The quantitative estimate of drug-likeness (QED) is 0.769. The molecular formula is C14H16FNO3. The SMILES string of the molecule is O=C(OCc1ccccc1)N1CCC2(CO2)C(F)C1. The van der Waals surface area contributed by atoms with Crippen LogP contribution in [0.4, 0.5) is 9.18 Å². The molecule has 19 heavy (non-hydrogen) atoms. The lowest BCUT2D eigenvalue weighted by Gasteiger charge is -2.32. The summed E-state index contributed by atoms with van der Waals surface area (Å²) in [5, 5.41) is 0. The molecular weight excluding hydrogens is 249 g/mol. The molecule has 2 aliphatic rings. The summed E-state index contributed by atoms with van der Waals surface area (Å²) in [6.45, 7) is 1.25. The zero-order valence-electron chi connectivity index (χ0n) is 10.5. The molecule has 3 rings (SSSR count). The molecule has 0 bridgehead atoms. The molecule has 0 saturated carbocycles. The summed E-state index contributed by atoms with van der Waals surface area (Å²) in [5.41, 5.74) is 0.322. The van der Waals surface area contributed by atoms with Gasteiger partial charge in [0.05, 0.1) is 13.2 Å². The number of benzene rings is 1. The highest BCUT2D eigenvalue weighted by Crippen LogP contribution is 2.39. The van der Waals surface area contributed by atoms with E-state index in [-0.39, 0.29) is 13.2 Å². The Morgan fingerprint density at radius 1 is 1.47 bits per heavy atom. The summed E-state index contributed by atoms with van der Waals surface area (Å²) in [5.74, 6) is 0. The van der Waals surface area contributed by atoms with Gasteiger partial charge in [-0.05, 0) is 12.0 Å². The summed E-state index contributed by atoms with van der Waals surface area (Å²) in [6, 6.07) is 9.44. The predicted octanol–water partition coefficient (Wildman–Crippen LogP) is 2.14. The number of hydrogen-bond acceptors (Lipinski definition) is 3. The van der Waals surface area contributed by atoms with Gasteiger partial charge in [-0.1, -0.05) is 30.3 Å². The van der Waals surface area contributed by atoms with E-state index >= 15 is 0 Å². The first kappa shape index (κ1) is 12.4. The molecule has 0 aromatic heterocycles. The summed E-state index contributed by atoms with van der Waals surface area (Å²) in [6.07, 6.45) is -1.01. The summed E-state index contributed by atoms with van der Waals surface area (Å²) < 4.78 is 24.2. The Labute approximate surface area is 111 Å². The smallest absolute Gasteiger partial charge is 0.410 e. The molecule has 2 fully saturated rings. The lowest BCUT2D eigenvalue weighted by atomic mass is 9.96. The molecule has 1 aromatic rings. The number of nitrogens with zero attached hydrogens (tertiary/aromatic N) is 1. The highest BCUT2D eigenvalue weighted by molar-refractivity contribution is 5.68. The van der Waals surface area contributed by atoms with Crippen molar-refractivity contribution in [3.8, 4) is 0 Å². The van der Waals surface area contributed by atoms with Gasteiger partial charge in [-0.15, -0.1) is 0 Å². The molecule has 2 heterocycles. The van der Waals surface area contributed by atoms with Crippen LogP contribution in [-0.2, 0) is 16.1 Å². The summed E-state index contributed by atoms with van der Waals surface area (Å²) >= 11 is 0. The number of hydrogen-bond donors (Lipinski definition) is 0. The second-order valence-corrected chi connectivity index (χ2v) is 5.06. The maximum atomic E-state index is 13.8. The summed E-state index contributed by atoms with van der Waals surface area (Å²) in [7, 11) is 0. The third-order valence-electron chi connectivity index (χ3n) is 3.73. The van der Waals surface area contributed by atoms with Crippen LogP contribution in [-0.4, -0.2) is 42.5 Å². The number of likely N-dealkylation sites (tertiary alicyclic amines) is 1. The van der Waals surface area contributed by atoms with Crippen molar-refractivity contribution in [1.29, 1.82) is 0 Å². The zero-order chi connectivity index (χ0) is 13.3. The van der Waals surface area contributed by atoms with Crippen molar-refractivity contribution in [2.75, 3.05) is 19.7 Å². The van der Waals surface area contributed by atoms with E-state index in [1.54, 1.807) is 0 Å². The number of carbonyl (C=O) groups is 1. The minimum Gasteiger partial charge on any atom is -0.445 e. The fourth-order valence-electron chi connectivity index (χ4n) is 2.33. The number of ether oxygens (including phenoxy) is 2. The molecule has 0 N–H and O–H groups in total. The first-order valence-corrected chi connectivity index (χ1v) is 6.43. The molecule has 0 aliphatic carbocycles. The van der Waals surface area contributed by atoms with Crippen molar-refractivity contribution in [2.24, 2.45) is 0 Å². The molecule has 5 heteroatoms. The molecule has 1 amide bonds. The van der Waals surface area contributed by atoms with Crippen molar-refractivity contribution in [3.63, 3.8) is 0 Å². The highest BCUT2D eigenvalue weighted by atomic mass is 19.1. The van der Waals surface area contributed by atoms with E-state index in [1.165, 1.54) is 4.90 Å². The molecule has 2 atom stereocenters. The van der Waals surface area contributed by atoms with Crippen molar-refractivity contribution >= 4 is 6.09 Å². The van der Waals surface area contributed by atoms with Crippen molar-refractivity contribution < 1.29 is 18.7 Å². The second kappa shape index (κ2) is 4.81. The number of rotatable bonds is 2. The van der Waals surface area contributed by atoms with Crippen LogP contribution in [0.25, 0.3) is 0 Å². The van der Waals surface area contributed by atoms with Crippen LogP contribution in [0, 0.1) is 0 Å². The van der Waals surface area contributed by atoms with Crippen molar-refractivity contribution in [3.05, 3.63) is 35.9 Å². The molecule has 2 saturated heterocycles. The Morgan fingerprint density at radius 2 is 2.21 bits per heavy atom. The Hall–Kier alpha value is -1.62. The van der Waals surface area contributed by atoms with Gasteiger partial charge in [0, 0.05) is 6.54 Å². The first-order valence-electron chi connectivity index (χ1n) is 6.43. The highest BCUT2D eigenvalue weighted by Gasteiger charge is 2.55. The van der Waals surface area contributed by atoms with Crippen LogP contribution in [0.15, 0.2) is 30.3 Å². The van der Waals surface area contributed by atoms with Crippen molar-refractivity contribution in [2.45, 2.75) is 24.8 Å². The van der Waals surface area contributed by atoms with E-state index < -0.39 is 17.9 Å². The van der Waals surface area contributed by atoms with E-state index in [2.05, 4.69) is 0 Å². The Kier molecular flexibility index (Phi) is 3.14. The Balaban J connectivity index is 1.51. The predicted molar refractivity (Wildman–Crippen MR) is 66.4 cm³/mol. The monoisotopic (exact) mass is 265 g/mol. The van der Waals surface area contributed by atoms with Gasteiger partial charge in [0.15, 0.2) is 0 Å². The van der Waals surface area contributed by atoms with Crippen LogP contribution in [0.3, 0.4) is 0 Å². The van der Waals surface area contributed by atoms with Crippen LogP contribution in [0.5, 0.6) is 0 Å². The number of piperidine rings is 1. The fraction of sp³-hybridized carbons (Fsp3) is 0.500. The van der Waals surface area contributed by atoms with Gasteiger partial charge in [0.1, 0.15) is 18.4 Å². The Bertz CT molecular complexity index is 461. The minimum atomic E-state index is -1.11. The molecule has 2 aliphatic heterocycles. The standard InChI is InChI=1S/C14H16FNO3/c15-12-8-16(7-6-14(12)10-19-14)13(17)18-9-11-4-2-1-3-5-11/h1-5,12H,6-10H2. The second-order valence-electron chi connectivity index (χ2n) is 5.06. The number of amides is 1. The zero-order valence-corrected chi connectivity index (χ0v) is 10.5. The third kappa shape index (κ3) is 2.56.